The van der Waals surface area contributed by atoms with Crippen molar-refractivity contribution in [3.8, 4) is 11.1 Å². The van der Waals surface area contributed by atoms with E-state index in [1.54, 1.807) is 0 Å². The van der Waals surface area contributed by atoms with Crippen LogP contribution in [0.15, 0.2) is 157 Å². The maximum atomic E-state index is 6.58. The summed E-state index contributed by atoms with van der Waals surface area (Å²) in [5.41, 5.74) is 14.1. The van der Waals surface area contributed by atoms with E-state index in [1.165, 1.54) is 42.1 Å². The average Bonchev–Trinajstić information content (AvgIpc) is 3.62. The van der Waals surface area contributed by atoms with Crippen molar-refractivity contribution in [1.82, 2.24) is 4.57 Å². The molecule has 4 heteroatoms. The summed E-state index contributed by atoms with van der Waals surface area (Å²) in [5, 5.41) is 5.04. The van der Waals surface area contributed by atoms with Crippen LogP contribution < -0.4 is 5.73 Å². The number of para-hydroxylation sites is 1. The van der Waals surface area contributed by atoms with Crippen molar-refractivity contribution in [2.24, 2.45) is 10.7 Å². The highest BCUT2D eigenvalue weighted by atomic mass is 32.1. The predicted molar refractivity (Wildman–Crippen MR) is 189 cm³/mol. The zero-order chi connectivity index (χ0) is 29.5. The molecule has 0 aliphatic carbocycles. The molecule has 0 spiro atoms. The minimum absolute atomic E-state index is 0.238. The summed E-state index contributed by atoms with van der Waals surface area (Å²) >= 11 is 1.87. The number of nitrogens with zero attached hydrogens (tertiary/aromatic N) is 2. The smallest absolute Gasteiger partial charge is 0.0970 e. The molecule has 0 saturated heterocycles. The molecular weight excluding hydrogens is 555 g/mol. The van der Waals surface area contributed by atoms with Gasteiger partial charge >= 0.3 is 0 Å². The van der Waals surface area contributed by atoms with E-state index >= 15 is 0 Å². The molecule has 1 atom stereocenters. The van der Waals surface area contributed by atoms with Gasteiger partial charge in [0.2, 0.25) is 0 Å². The zero-order valence-corrected chi connectivity index (χ0v) is 24.8. The summed E-state index contributed by atoms with van der Waals surface area (Å²) in [6.45, 7) is 0. The standard InChI is InChI=1S/C40H29N3S/c41-35(27-12-3-1-4-13-27)25-36(28-14-5-2-6-15-28)42-26-43-37-20-9-7-16-31(37)34-24-29(22-23-38(34)43)30-18-11-19-33-32-17-8-10-21-39(32)44-40(30)33/h1-26,36H,41H2/b35-25-,42-26?. The largest absolute Gasteiger partial charge is 0.398 e. The van der Waals surface area contributed by atoms with Crippen molar-refractivity contribution in [1.29, 1.82) is 0 Å². The molecule has 210 valence electrons. The Morgan fingerprint density at radius 3 is 2.16 bits per heavy atom. The molecule has 44 heavy (non-hydrogen) atoms. The quantitative estimate of drug-likeness (QED) is 0.154. The summed E-state index contributed by atoms with van der Waals surface area (Å²) in [4.78, 5) is 5.13. The van der Waals surface area contributed by atoms with Gasteiger partial charge in [-0.15, -0.1) is 11.3 Å². The molecule has 2 heterocycles. The van der Waals surface area contributed by atoms with E-state index in [-0.39, 0.29) is 6.04 Å². The Bertz CT molecular complexity index is 2340. The molecule has 0 aliphatic heterocycles. The molecular formula is C40H29N3S. The number of hydrogen-bond donors (Lipinski definition) is 1. The molecule has 8 aromatic rings. The molecule has 3 nitrogen and oxygen atoms in total. The van der Waals surface area contributed by atoms with Gasteiger partial charge in [0, 0.05) is 36.6 Å². The second kappa shape index (κ2) is 11.0. The maximum absolute atomic E-state index is 6.58. The normalized spacial score (nSPS) is 13.0. The number of benzene rings is 6. The second-order valence-electron chi connectivity index (χ2n) is 11.0. The van der Waals surface area contributed by atoms with E-state index in [4.69, 9.17) is 10.7 Å². The van der Waals surface area contributed by atoms with Crippen molar-refractivity contribution >= 4 is 65.4 Å². The van der Waals surface area contributed by atoms with Gasteiger partial charge in [-0.05, 0) is 52.6 Å². The van der Waals surface area contributed by atoms with Gasteiger partial charge in [-0.25, -0.2) is 0 Å². The Balaban J connectivity index is 1.26. The van der Waals surface area contributed by atoms with Crippen LogP contribution in [0.1, 0.15) is 17.2 Å². The first-order valence-electron chi connectivity index (χ1n) is 14.8. The van der Waals surface area contributed by atoms with Crippen molar-refractivity contribution in [2.45, 2.75) is 6.04 Å². The molecule has 0 fully saturated rings. The van der Waals surface area contributed by atoms with Gasteiger partial charge in [0.05, 0.1) is 23.4 Å². The van der Waals surface area contributed by atoms with Crippen LogP contribution in [0.25, 0.3) is 58.8 Å². The lowest BCUT2D eigenvalue weighted by atomic mass is 10.0. The third kappa shape index (κ3) is 4.57. The summed E-state index contributed by atoms with van der Waals surface area (Å²) < 4.78 is 4.85. The molecule has 6 aromatic carbocycles. The van der Waals surface area contributed by atoms with Crippen LogP contribution in [0, 0.1) is 0 Å². The fourth-order valence-corrected chi connectivity index (χ4v) is 7.42. The minimum atomic E-state index is -0.238. The first-order chi connectivity index (χ1) is 21.7. The van der Waals surface area contributed by atoms with Gasteiger partial charge < -0.3 is 10.3 Å². The minimum Gasteiger partial charge on any atom is -0.398 e. The fraction of sp³-hybridized carbons (Fsp3) is 0.0250. The van der Waals surface area contributed by atoms with Crippen molar-refractivity contribution in [3.05, 3.63) is 163 Å². The summed E-state index contributed by atoms with van der Waals surface area (Å²) in [5.74, 6) is 0. The van der Waals surface area contributed by atoms with Gasteiger partial charge in [-0.3, -0.25) is 4.99 Å². The van der Waals surface area contributed by atoms with Crippen LogP contribution >= 0.6 is 11.3 Å². The highest BCUT2D eigenvalue weighted by molar-refractivity contribution is 7.26. The van der Waals surface area contributed by atoms with Gasteiger partial charge in [0.25, 0.3) is 0 Å². The van der Waals surface area contributed by atoms with Gasteiger partial charge in [0.1, 0.15) is 0 Å². The van der Waals surface area contributed by atoms with Crippen LogP contribution in [0.3, 0.4) is 0 Å². The van der Waals surface area contributed by atoms with Crippen molar-refractivity contribution < 1.29 is 0 Å². The number of fused-ring (bicyclic) bond motifs is 6. The van der Waals surface area contributed by atoms with Crippen LogP contribution in [0.5, 0.6) is 0 Å². The molecule has 2 N–H and O–H groups in total. The number of nitrogens with two attached hydrogens (primary N) is 1. The Labute approximate surface area is 259 Å². The SMILES string of the molecule is N/C(=C\C(N=Cn1c2ccccc2c2cc(-c3cccc4c3sc3ccccc34)ccc21)c1ccccc1)c1ccccc1. The van der Waals surface area contributed by atoms with Gasteiger partial charge in [0.15, 0.2) is 0 Å². The van der Waals surface area contributed by atoms with E-state index in [2.05, 4.69) is 102 Å². The van der Waals surface area contributed by atoms with E-state index in [1.807, 2.05) is 72.3 Å². The topological polar surface area (TPSA) is 43.3 Å². The third-order valence-corrected chi connectivity index (χ3v) is 9.57. The predicted octanol–water partition coefficient (Wildman–Crippen LogP) is 10.4. The Hall–Kier alpha value is -5.45. The Morgan fingerprint density at radius 2 is 1.32 bits per heavy atom. The molecule has 2 aromatic heterocycles. The van der Waals surface area contributed by atoms with Gasteiger partial charge in [-0.2, -0.15) is 0 Å². The number of hydrogen-bond acceptors (Lipinski definition) is 3. The first kappa shape index (κ1) is 26.2. The number of thiophene rings is 1. The molecule has 0 aliphatic rings. The van der Waals surface area contributed by atoms with E-state index in [0.29, 0.717) is 5.70 Å². The monoisotopic (exact) mass is 583 g/mol. The molecule has 0 saturated carbocycles. The average molecular weight is 584 g/mol. The molecule has 0 amide bonds. The fourth-order valence-electron chi connectivity index (χ4n) is 6.18. The van der Waals surface area contributed by atoms with Crippen molar-refractivity contribution in [2.75, 3.05) is 0 Å². The first-order valence-corrected chi connectivity index (χ1v) is 15.6. The summed E-state index contributed by atoms with van der Waals surface area (Å²) in [7, 11) is 0. The number of aromatic nitrogens is 1. The number of aliphatic imine (C=N–C) groups is 1. The van der Waals surface area contributed by atoms with E-state index in [9.17, 15) is 0 Å². The third-order valence-electron chi connectivity index (χ3n) is 8.35. The highest BCUT2D eigenvalue weighted by Crippen LogP contribution is 2.41. The molecule has 0 bridgehead atoms. The number of rotatable bonds is 6. The lowest BCUT2D eigenvalue weighted by Crippen LogP contribution is -2.03. The van der Waals surface area contributed by atoms with Crippen LogP contribution in [0.4, 0.5) is 0 Å². The van der Waals surface area contributed by atoms with Crippen LogP contribution in [-0.2, 0) is 0 Å². The molecule has 1 unspecified atom stereocenters. The lowest BCUT2D eigenvalue weighted by molar-refractivity contribution is 0.910. The molecule has 8 rings (SSSR count). The lowest BCUT2D eigenvalue weighted by Gasteiger charge is -2.11. The Kier molecular flexibility index (Phi) is 6.55. The second-order valence-corrected chi connectivity index (χ2v) is 12.1. The van der Waals surface area contributed by atoms with Crippen LogP contribution in [0.2, 0.25) is 0 Å². The maximum Gasteiger partial charge on any atom is 0.0970 e. The summed E-state index contributed by atoms with van der Waals surface area (Å²) in [6, 6.07) is 50.9. The van der Waals surface area contributed by atoms with E-state index < -0.39 is 0 Å². The van der Waals surface area contributed by atoms with Crippen LogP contribution in [-0.4, -0.2) is 10.9 Å². The Morgan fingerprint density at radius 1 is 0.636 bits per heavy atom. The van der Waals surface area contributed by atoms with E-state index in [0.717, 1.165) is 22.2 Å². The molecule has 0 radical (unpaired) electrons. The van der Waals surface area contributed by atoms with Crippen molar-refractivity contribution in [3.63, 3.8) is 0 Å². The summed E-state index contributed by atoms with van der Waals surface area (Å²) in [6.07, 6.45) is 4.00. The van der Waals surface area contributed by atoms with Gasteiger partial charge in [-0.1, -0.05) is 121 Å². The highest BCUT2D eigenvalue weighted by Gasteiger charge is 2.15. The zero-order valence-electron chi connectivity index (χ0n) is 24.0.